The zero-order valence-corrected chi connectivity index (χ0v) is 24.9. The normalized spacial score (nSPS) is 31.0. The zero-order valence-electron chi connectivity index (χ0n) is 23.3. The second-order valence-corrected chi connectivity index (χ2v) is 13.8. The van der Waals surface area contributed by atoms with E-state index in [9.17, 15) is 9.50 Å². The van der Waals surface area contributed by atoms with E-state index in [1.807, 2.05) is 24.3 Å². The summed E-state index contributed by atoms with van der Waals surface area (Å²) in [5.74, 6) is 0.662. The average Bonchev–Trinajstić information content (AvgIpc) is 3.61. The molecule has 0 amide bonds. The molecule has 2 unspecified atom stereocenters. The molecule has 4 saturated heterocycles. The molecule has 0 spiro atoms. The maximum atomic E-state index is 14.4. The number of fused-ring (bicyclic) bond motifs is 5. The van der Waals surface area contributed by atoms with Gasteiger partial charge in [-0.15, -0.1) is 0 Å². The minimum Gasteiger partial charge on any atom is -0.508 e. The van der Waals surface area contributed by atoms with Gasteiger partial charge in [0.25, 0.3) is 0 Å². The van der Waals surface area contributed by atoms with E-state index in [0.29, 0.717) is 50.1 Å². The van der Waals surface area contributed by atoms with Gasteiger partial charge in [0.2, 0.25) is 0 Å². The van der Waals surface area contributed by atoms with Gasteiger partial charge in [0, 0.05) is 59.1 Å². The van der Waals surface area contributed by atoms with E-state index in [0.717, 1.165) is 71.8 Å². The topological polar surface area (TPSA) is 73.8 Å². The third kappa shape index (κ3) is 4.59. The van der Waals surface area contributed by atoms with Gasteiger partial charge in [-0.25, -0.2) is 4.39 Å². The number of phenols is 1. The Hall–Kier alpha value is -2.49. The summed E-state index contributed by atoms with van der Waals surface area (Å²) < 4.78 is 21.9. The highest BCUT2D eigenvalue weighted by molar-refractivity contribution is 9.10. The third-order valence-corrected chi connectivity index (χ3v) is 11.1. The summed E-state index contributed by atoms with van der Waals surface area (Å²) in [6.45, 7) is 3.36. The van der Waals surface area contributed by atoms with Crippen molar-refractivity contribution in [1.82, 2.24) is 20.2 Å². The van der Waals surface area contributed by atoms with Crippen LogP contribution in [0.4, 0.5) is 10.1 Å². The lowest BCUT2D eigenvalue weighted by atomic mass is 9.85. The van der Waals surface area contributed by atoms with E-state index in [2.05, 4.69) is 37.1 Å². The highest BCUT2D eigenvalue weighted by Gasteiger charge is 2.49. The quantitative estimate of drug-likeness (QED) is 0.383. The SMILES string of the molecule is Oc1cc(N2CCc3c(nc(OC[C@@]45CCCN4C[C@H](F)C5)nc3C3CC4CCC(C3)N4)C2)c2c(Br)cccc2c1. The molecule has 7 nitrogen and oxygen atoms in total. The van der Waals surface area contributed by atoms with Gasteiger partial charge in [-0.05, 0) is 74.6 Å². The van der Waals surface area contributed by atoms with E-state index < -0.39 is 6.17 Å². The van der Waals surface area contributed by atoms with Crippen molar-refractivity contribution in [2.75, 3.05) is 31.1 Å². The molecule has 3 aromatic rings. The predicted molar refractivity (Wildman–Crippen MR) is 161 cm³/mol. The Kier molecular flexibility index (Phi) is 6.42. The summed E-state index contributed by atoms with van der Waals surface area (Å²) in [6, 6.07) is 11.3. The van der Waals surface area contributed by atoms with Crippen LogP contribution in [0, 0.1) is 0 Å². The minimum absolute atomic E-state index is 0.231. The number of benzene rings is 2. The Morgan fingerprint density at radius 3 is 2.85 bits per heavy atom. The van der Waals surface area contributed by atoms with Crippen molar-refractivity contribution in [3.05, 3.63) is 51.8 Å². The molecule has 1 aromatic heterocycles. The van der Waals surface area contributed by atoms with Crippen molar-refractivity contribution in [2.24, 2.45) is 0 Å². The van der Waals surface area contributed by atoms with Crippen LogP contribution in [0.5, 0.6) is 11.8 Å². The van der Waals surface area contributed by atoms with Gasteiger partial charge in [-0.3, -0.25) is 4.90 Å². The molecule has 9 heteroatoms. The molecule has 2 bridgehead atoms. The highest BCUT2D eigenvalue weighted by atomic mass is 79.9. The molecule has 5 aliphatic heterocycles. The van der Waals surface area contributed by atoms with Crippen molar-refractivity contribution in [2.45, 2.75) is 87.6 Å². The largest absolute Gasteiger partial charge is 0.508 e. The maximum Gasteiger partial charge on any atom is 0.316 e. The van der Waals surface area contributed by atoms with Crippen molar-refractivity contribution in [3.63, 3.8) is 0 Å². The van der Waals surface area contributed by atoms with Crippen LogP contribution in [0.15, 0.2) is 34.8 Å². The Morgan fingerprint density at radius 2 is 2.00 bits per heavy atom. The first-order valence-corrected chi connectivity index (χ1v) is 16.1. The fraction of sp³-hybridized carbons (Fsp3) is 0.562. The van der Waals surface area contributed by atoms with E-state index in [-0.39, 0.29) is 11.3 Å². The standard InChI is InChI=1S/C32H37BrFN5O2/c33-26-4-1-3-19-13-24(40)14-28(29(19)26)38-10-7-25-27(17-38)36-31(37-30(25)20-11-22-5-6-23(12-20)35-22)41-18-32-8-2-9-39(32)16-21(34)15-32/h1,3-4,13-14,20-23,35,40H,2,5-12,15-18H2/t20?,21-,22?,23?,32+/m1/s1. The van der Waals surface area contributed by atoms with Crippen LogP contribution in [-0.2, 0) is 13.0 Å². The number of piperidine rings is 1. The Balaban J connectivity index is 1.15. The molecule has 216 valence electrons. The number of hydrogen-bond donors (Lipinski definition) is 2. The molecule has 5 aliphatic rings. The van der Waals surface area contributed by atoms with E-state index in [4.69, 9.17) is 14.7 Å². The van der Waals surface area contributed by atoms with Crippen molar-refractivity contribution in [3.8, 4) is 11.8 Å². The lowest BCUT2D eigenvalue weighted by Crippen LogP contribution is -2.43. The van der Waals surface area contributed by atoms with Gasteiger partial charge in [0.05, 0.1) is 23.5 Å². The minimum atomic E-state index is -0.783. The lowest BCUT2D eigenvalue weighted by Gasteiger charge is -2.35. The number of anilines is 1. The van der Waals surface area contributed by atoms with Crippen LogP contribution >= 0.6 is 15.9 Å². The number of nitrogens with one attached hydrogen (secondary N) is 1. The second-order valence-electron chi connectivity index (χ2n) is 13.0. The molecule has 4 fully saturated rings. The first-order valence-electron chi connectivity index (χ1n) is 15.3. The molecular weight excluding hydrogens is 585 g/mol. The van der Waals surface area contributed by atoms with E-state index in [1.165, 1.54) is 24.1 Å². The third-order valence-electron chi connectivity index (χ3n) is 10.4. The van der Waals surface area contributed by atoms with Gasteiger partial charge >= 0.3 is 6.01 Å². The lowest BCUT2D eigenvalue weighted by molar-refractivity contribution is 0.106. The smallest absolute Gasteiger partial charge is 0.316 e. The Morgan fingerprint density at radius 1 is 1.15 bits per heavy atom. The molecule has 2 N–H and O–H groups in total. The van der Waals surface area contributed by atoms with Crippen molar-refractivity contribution >= 4 is 32.4 Å². The Labute approximate surface area is 248 Å². The van der Waals surface area contributed by atoms with E-state index in [1.54, 1.807) is 0 Å². The molecule has 0 aliphatic carbocycles. The number of aromatic nitrogens is 2. The number of nitrogens with zero attached hydrogens (tertiary/aromatic N) is 4. The van der Waals surface area contributed by atoms with Gasteiger partial charge in [-0.1, -0.05) is 28.1 Å². The van der Waals surface area contributed by atoms with Gasteiger partial charge in [-0.2, -0.15) is 9.97 Å². The average molecular weight is 623 g/mol. The van der Waals surface area contributed by atoms with Gasteiger partial charge in [0.15, 0.2) is 0 Å². The molecule has 41 heavy (non-hydrogen) atoms. The monoisotopic (exact) mass is 621 g/mol. The van der Waals surface area contributed by atoms with Gasteiger partial charge in [0.1, 0.15) is 18.5 Å². The molecule has 4 atom stereocenters. The number of rotatable bonds is 5. The van der Waals surface area contributed by atoms with E-state index >= 15 is 0 Å². The first-order chi connectivity index (χ1) is 19.9. The summed E-state index contributed by atoms with van der Waals surface area (Å²) in [5.41, 5.74) is 4.22. The number of ether oxygens (including phenoxy) is 1. The highest BCUT2D eigenvalue weighted by Crippen LogP contribution is 2.43. The number of halogens is 2. The zero-order chi connectivity index (χ0) is 27.7. The van der Waals surface area contributed by atoms with Crippen LogP contribution in [-0.4, -0.2) is 70.0 Å². The van der Waals surface area contributed by atoms with Crippen LogP contribution in [0.25, 0.3) is 10.8 Å². The number of phenolic OH excluding ortho intramolecular Hbond substituents is 1. The van der Waals surface area contributed by atoms with Crippen LogP contribution in [0.2, 0.25) is 0 Å². The van der Waals surface area contributed by atoms with Crippen LogP contribution < -0.4 is 15.0 Å². The summed E-state index contributed by atoms with van der Waals surface area (Å²) in [4.78, 5) is 14.8. The van der Waals surface area contributed by atoms with Crippen molar-refractivity contribution in [1.29, 1.82) is 0 Å². The molecule has 6 heterocycles. The summed E-state index contributed by atoms with van der Waals surface area (Å²) in [5, 5.41) is 16.5. The molecule has 0 saturated carbocycles. The second kappa shape index (κ2) is 10.1. The molecular formula is C32H37BrFN5O2. The Bertz CT molecular complexity index is 1490. The first kappa shape index (κ1) is 26.2. The maximum absolute atomic E-state index is 14.4. The number of alkyl halides is 1. The predicted octanol–water partition coefficient (Wildman–Crippen LogP) is 5.61. The summed E-state index contributed by atoms with van der Waals surface area (Å²) in [7, 11) is 0. The van der Waals surface area contributed by atoms with Crippen LogP contribution in [0.3, 0.4) is 0 Å². The van der Waals surface area contributed by atoms with Crippen LogP contribution in [0.1, 0.15) is 67.8 Å². The fourth-order valence-electron chi connectivity index (χ4n) is 8.57. The molecule has 0 radical (unpaired) electrons. The number of hydrogen-bond acceptors (Lipinski definition) is 7. The van der Waals surface area contributed by atoms with Crippen molar-refractivity contribution < 1.29 is 14.2 Å². The fourth-order valence-corrected chi connectivity index (χ4v) is 9.15. The summed E-state index contributed by atoms with van der Waals surface area (Å²) in [6.07, 6.45) is 7.37. The molecule has 8 rings (SSSR count). The van der Waals surface area contributed by atoms with Gasteiger partial charge < -0.3 is 20.1 Å². The summed E-state index contributed by atoms with van der Waals surface area (Å²) >= 11 is 3.75. The number of aromatic hydroxyl groups is 1. The molecule has 2 aromatic carbocycles.